The summed E-state index contributed by atoms with van der Waals surface area (Å²) in [4.78, 5) is 32.1. The number of hydrogen-bond acceptors (Lipinski definition) is 4. The van der Waals surface area contributed by atoms with Gasteiger partial charge in [-0.15, -0.1) is 0 Å². The Balaban J connectivity index is 2.96. The number of ether oxygens (including phenoxy) is 1. The molecule has 0 unspecified atom stereocenters. The van der Waals surface area contributed by atoms with E-state index in [1.165, 1.54) is 0 Å². The number of carboxylic acid groups (broad SMARTS) is 2. The predicted molar refractivity (Wildman–Crippen MR) is 38.2 cm³/mol. The maximum atomic E-state index is 10.9. The molecular weight excluding hydrogens is 180 g/mol. The third-order valence-electron chi connectivity index (χ3n) is 1.87. The van der Waals surface area contributed by atoms with E-state index in [-0.39, 0.29) is 13.0 Å². The fourth-order valence-electron chi connectivity index (χ4n) is 1.12. The Bertz CT molecular complexity index is 254. The lowest BCUT2D eigenvalue weighted by molar-refractivity contribution is -0.190. The van der Waals surface area contributed by atoms with Gasteiger partial charge in [0, 0.05) is 6.42 Å². The number of hydrogen-bond donors (Lipinski definition) is 2. The first kappa shape index (κ1) is 9.66. The van der Waals surface area contributed by atoms with Crippen LogP contribution in [0.5, 0.6) is 0 Å². The van der Waals surface area contributed by atoms with Crippen LogP contribution in [0.15, 0.2) is 0 Å². The summed E-state index contributed by atoms with van der Waals surface area (Å²) in [6.07, 6.45) is -0.528. The maximum absolute atomic E-state index is 10.9. The highest BCUT2D eigenvalue weighted by Crippen LogP contribution is 2.23. The Hall–Kier alpha value is -1.43. The van der Waals surface area contributed by atoms with Gasteiger partial charge in [0.1, 0.15) is 5.78 Å². The Morgan fingerprint density at radius 2 is 1.85 bits per heavy atom. The molecule has 1 saturated heterocycles. The van der Waals surface area contributed by atoms with Crippen LogP contribution in [0.3, 0.4) is 0 Å². The molecular formula is C7H8O6. The summed E-state index contributed by atoms with van der Waals surface area (Å²) in [7, 11) is 0. The van der Waals surface area contributed by atoms with Crippen LogP contribution >= 0.6 is 0 Å². The third kappa shape index (κ3) is 1.52. The quantitative estimate of drug-likeness (QED) is 0.554. The summed E-state index contributed by atoms with van der Waals surface area (Å²) >= 11 is 0. The molecule has 13 heavy (non-hydrogen) atoms. The van der Waals surface area contributed by atoms with Gasteiger partial charge in [0.05, 0.1) is 13.0 Å². The van der Waals surface area contributed by atoms with E-state index < -0.39 is 29.7 Å². The van der Waals surface area contributed by atoms with Gasteiger partial charge in [0.25, 0.3) is 5.60 Å². The van der Waals surface area contributed by atoms with Crippen LogP contribution in [0.2, 0.25) is 0 Å². The van der Waals surface area contributed by atoms with E-state index >= 15 is 0 Å². The number of carboxylic acids is 2. The van der Waals surface area contributed by atoms with Gasteiger partial charge >= 0.3 is 11.9 Å². The zero-order chi connectivity index (χ0) is 10.1. The van der Waals surface area contributed by atoms with Gasteiger partial charge in [0.2, 0.25) is 0 Å². The molecule has 0 bridgehead atoms. The fourth-order valence-corrected chi connectivity index (χ4v) is 1.12. The van der Waals surface area contributed by atoms with Gasteiger partial charge < -0.3 is 14.9 Å². The minimum Gasteiger partial charge on any atom is -0.479 e. The zero-order valence-corrected chi connectivity index (χ0v) is 6.65. The molecule has 1 rings (SSSR count). The van der Waals surface area contributed by atoms with Gasteiger partial charge in [-0.05, 0) is 0 Å². The molecule has 0 aromatic rings. The Morgan fingerprint density at radius 3 is 2.15 bits per heavy atom. The first-order chi connectivity index (χ1) is 5.99. The molecule has 1 aliphatic heterocycles. The van der Waals surface area contributed by atoms with Gasteiger partial charge in [-0.25, -0.2) is 9.59 Å². The standard InChI is InChI=1S/C7H8O6/c8-4-1-2-13-7(3-4,5(9)10)6(11)12/h1-3H2,(H,9,10)(H,11,12). The smallest absolute Gasteiger partial charge is 0.348 e. The number of Topliss-reactive ketones (excluding diaryl/α,β-unsaturated/α-hetero) is 1. The van der Waals surface area contributed by atoms with Crippen molar-refractivity contribution in [3.63, 3.8) is 0 Å². The zero-order valence-electron chi connectivity index (χ0n) is 6.65. The van der Waals surface area contributed by atoms with Crippen molar-refractivity contribution in [2.24, 2.45) is 0 Å². The number of aliphatic carboxylic acids is 2. The molecule has 72 valence electrons. The fraction of sp³-hybridized carbons (Fsp3) is 0.571. The van der Waals surface area contributed by atoms with Gasteiger partial charge in [-0.2, -0.15) is 0 Å². The van der Waals surface area contributed by atoms with Crippen molar-refractivity contribution in [3.05, 3.63) is 0 Å². The van der Waals surface area contributed by atoms with E-state index in [2.05, 4.69) is 4.74 Å². The summed E-state index contributed by atoms with van der Waals surface area (Å²) in [5.41, 5.74) is -2.37. The summed E-state index contributed by atoms with van der Waals surface area (Å²) in [5.74, 6) is -3.67. The lowest BCUT2D eigenvalue weighted by Crippen LogP contribution is -2.53. The van der Waals surface area contributed by atoms with Crippen molar-refractivity contribution in [2.45, 2.75) is 18.4 Å². The Kier molecular flexibility index (Phi) is 2.33. The molecule has 0 amide bonds. The number of ketones is 1. The second-order valence-electron chi connectivity index (χ2n) is 2.75. The molecule has 0 atom stereocenters. The van der Waals surface area contributed by atoms with Crippen LogP contribution in [-0.2, 0) is 19.1 Å². The molecule has 6 heteroatoms. The number of rotatable bonds is 2. The first-order valence-electron chi connectivity index (χ1n) is 3.61. The minimum absolute atomic E-state index is 0.0717. The predicted octanol–water partition coefficient (Wildman–Crippen LogP) is -0.726. The molecule has 1 fully saturated rings. The van der Waals surface area contributed by atoms with Crippen LogP contribution in [0.25, 0.3) is 0 Å². The lowest BCUT2D eigenvalue weighted by atomic mass is 9.93. The van der Waals surface area contributed by atoms with E-state index in [4.69, 9.17) is 10.2 Å². The Labute approximate surface area is 73.1 Å². The SMILES string of the molecule is O=C1CCOC(C(=O)O)(C(=O)O)C1. The van der Waals surface area contributed by atoms with Gasteiger partial charge in [0.15, 0.2) is 0 Å². The van der Waals surface area contributed by atoms with E-state index in [0.29, 0.717) is 0 Å². The van der Waals surface area contributed by atoms with Crippen molar-refractivity contribution in [1.82, 2.24) is 0 Å². The molecule has 0 radical (unpaired) electrons. The average molecular weight is 188 g/mol. The minimum atomic E-state index is -2.37. The van der Waals surface area contributed by atoms with Gasteiger partial charge in [-0.3, -0.25) is 4.79 Å². The van der Waals surface area contributed by atoms with Crippen molar-refractivity contribution in [1.29, 1.82) is 0 Å². The summed E-state index contributed by atoms with van der Waals surface area (Å²) in [5, 5.41) is 17.2. The number of carbonyl (C=O) groups is 3. The third-order valence-corrected chi connectivity index (χ3v) is 1.87. The second-order valence-corrected chi connectivity index (χ2v) is 2.75. The van der Waals surface area contributed by atoms with E-state index in [1.807, 2.05) is 0 Å². The van der Waals surface area contributed by atoms with Crippen molar-refractivity contribution in [3.8, 4) is 0 Å². The lowest BCUT2D eigenvalue weighted by Gasteiger charge is -2.27. The number of carbonyl (C=O) groups excluding carboxylic acids is 1. The summed E-state index contributed by atoms with van der Waals surface area (Å²) in [6.45, 7) is -0.155. The molecule has 2 N–H and O–H groups in total. The van der Waals surface area contributed by atoms with Crippen LogP contribution in [-0.4, -0.2) is 40.1 Å². The van der Waals surface area contributed by atoms with Crippen molar-refractivity contribution in [2.75, 3.05) is 6.61 Å². The largest absolute Gasteiger partial charge is 0.479 e. The maximum Gasteiger partial charge on any atom is 0.348 e. The molecule has 0 aliphatic carbocycles. The highest BCUT2D eigenvalue weighted by molar-refractivity contribution is 6.06. The Morgan fingerprint density at radius 1 is 1.31 bits per heavy atom. The van der Waals surface area contributed by atoms with E-state index in [1.54, 1.807) is 0 Å². The van der Waals surface area contributed by atoms with Crippen LogP contribution < -0.4 is 0 Å². The molecule has 1 heterocycles. The highest BCUT2D eigenvalue weighted by Gasteiger charge is 2.51. The summed E-state index contributed by atoms with van der Waals surface area (Å²) in [6, 6.07) is 0. The molecule has 6 nitrogen and oxygen atoms in total. The molecule has 0 spiro atoms. The normalized spacial score (nSPS) is 21.1. The van der Waals surface area contributed by atoms with Crippen molar-refractivity contribution < 1.29 is 29.3 Å². The van der Waals surface area contributed by atoms with E-state index in [9.17, 15) is 14.4 Å². The molecule has 0 aromatic heterocycles. The van der Waals surface area contributed by atoms with Gasteiger partial charge in [-0.1, -0.05) is 0 Å². The monoisotopic (exact) mass is 188 g/mol. The average Bonchev–Trinajstić information content (AvgIpc) is 2.03. The summed E-state index contributed by atoms with van der Waals surface area (Å²) < 4.78 is 4.64. The van der Waals surface area contributed by atoms with Crippen LogP contribution in [0.1, 0.15) is 12.8 Å². The second kappa shape index (κ2) is 3.14. The first-order valence-corrected chi connectivity index (χ1v) is 3.61. The van der Waals surface area contributed by atoms with Crippen LogP contribution in [0, 0.1) is 0 Å². The topological polar surface area (TPSA) is 101 Å². The van der Waals surface area contributed by atoms with Crippen molar-refractivity contribution >= 4 is 17.7 Å². The van der Waals surface area contributed by atoms with E-state index in [0.717, 1.165) is 0 Å². The molecule has 0 aromatic carbocycles. The van der Waals surface area contributed by atoms with Crippen LogP contribution in [0.4, 0.5) is 0 Å². The molecule has 0 saturated carbocycles. The molecule has 1 aliphatic rings. The highest BCUT2D eigenvalue weighted by atomic mass is 16.6.